The lowest BCUT2D eigenvalue weighted by molar-refractivity contribution is 0.0106. The standard InChI is InChI=1S/C39H49N3O4/c1-41-18-20-42(21-19-41)22-25-45-37-15-10-33-9-8-32(26-35(33)27-37)30-46-39-28-40-17-16-38(39)34-11-13-36(14-12-34)44-24-5-23-43-29-31-6-3-2-4-7-31/h2-4,6-15,26-27,38-40H,5,16-25,28-30H2,1H3/t38-,39+/m1/s1. The lowest BCUT2D eigenvalue weighted by Gasteiger charge is -2.32. The summed E-state index contributed by atoms with van der Waals surface area (Å²) >= 11 is 0. The number of likely N-dealkylation sites (N-methyl/N-ethyl adjacent to an activating group) is 1. The molecule has 0 aliphatic carbocycles. The third-order valence-corrected chi connectivity index (χ3v) is 9.16. The number of piperidine rings is 1. The number of nitrogens with zero attached hydrogens (tertiary/aromatic N) is 2. The normalized spacial score (nSPS) is 19.3. The summed E-state index contributed by atoms with van der Waals surface area (Å²) in [5, 5.41) is 5.94. The third kappa shape index (κ3) is 9.53. The average molecular weight is 624 g/mol. The summed E-state index contributed by atoms with van der Waals surface area (Å²) < 4.78 is 24.5. The van der Waals surface area contributed by atoms with Gasteiger partial charge in [-0.15, -0.1) is 0 Å². The summed E-state index contributed by atoms with van der Waals surface area (Å²) in [6.07, 6.45) is 2.02. The van der Waals surface area contributed by atoms with Crippen LogP contribution in [0.4, 0.5) is 0 Å². The van der Waals surface area contributed by atoms with Crippen molar-refractivity contribution in [2.45, 2.75) is 38.1 Å². The summed E-state index contributed by atoms with van der Waals surface area (Å²) in [5.41, 5.74) is 3.69. The molecule has 6 rings (SSSR count). The zero-order valence-corrected chi connectivity index (χ0v) is 27.2. The van der Waals surface area contributed by atoms with Gasteiger partial charge in [-0.2, -0.15) is 0 Å². The molecule has 2 fully saturated rings. The molecule has 1 N–H and O–H groups in total. The molecule has 0 bridgehead atoms. The molecular formula is C39H49N3O4. The van der Waals surface area contributed by atoms with Crippen LogP contribution in [0, 0.1) is 0 Å². The van der Waals surface area contributed by atoms with Crippen molar-refractivity contribution in [1.82, 2.24) is 15.1 Å². The van der Waals surface area contributed by atoms with Gasteiger partial charge in [0.05, 0.1) is 32.5 Å². The second-order valence-electron chi connectivity index (χ2n) is 12.6. The first-order valence-corrected chi connectivity index (χ1v) is 16.9. The van der Waals surface area contributed by atoms with Gasteiger partial charge in [-0.1, -0.05) is 60.7 Å². The van der Waals surface area contributed by atoms with Crippen LogP contribution in [-0.4, -0.2) is 88.6 Å². The molecule has 0 amide bonds. The maximum atomic E-state index is 6.57. The highest BCUT2D eigenvalue weighted by atomic mass is 16.5. The van der Waals surface area contributed by atoms with Gasteiger partial charge in [0, 0.05) is 51.6 Å². The van der Waals surface area contributed by atoms with Crippen LogP contribution in [0.25, 0.3) is 10.8 Å². The summed E-state index contributed by atoms with van der Waals surface area (Å²) in [7, 11) is 2.19. The van der Waals surface area contributed by atoms with Gasteiger partial charge in [-0.25, -0.2) is 0 Å². The van der Waals surface area contributed by atoms with E-state index in [1.165, 1.54) is 27.5 Å². The van der Waals surface area contributed by atoms with Crippen molar-refractivity contribution < 1.29 is 18.9 Å². The van der Waals surface area contributed by atoms with Crippen LogP contribution in [0.15, 0.2) is 91.0 Å². The van der Waals surface area contributed by atoms with Crippen molar-refractivity contribution in [2.24, 2.45) is 0 Å². The van der Waals surface area contributed by atoms with E-state index >= 15 is 0 Å². The highest BCUT2D eigenvalue weighted by Gasteiger charge is 2.27. The predicted molar refractivity (Wildman–Crippen MR) is 185 cm³/mol. The first kappa shape index (κ1) is 32.5. The Morgan fingerprint density at radius 2 is 1.50 bits per heavy atom. The number of nitrogens with one attached hydrogen (secondary N) is 1. The van der Waals surface area contributed by atoms with E-state index in [9.17, 15) is 0 Å². The summed E-state index contributed by atoms with van der Waals surface area (Å²) in [4.78, 5) is 4.87. The molecule has 4 aromatic carbocycles. The Morgan fingerprint density at radius 1 is 0.717 bits per heavy atom. The van der Waals surface area contributed by atoms with Gasteiger partial charge >= 0.3 is 0 Å². The Bertz CT molecular complexity index is 1470. The smallest absolute Gasteiger partial charge is 0.120 e. The average Bonchev–Trinajstić information content (AvgIpc) is 3.10. The molecular weight excluding hydrogens is 574 g/mol. The van der Waals surface area contributed by atoms with Gasteiger partial charge < -0.3 is 29.2 Å². The predicted octanol–water partition coefficient (Wildman–Crippen LogP) is 6.11. The second kappa shape index (κ2) is 16.9. The maximum absolute atomic E-state index is 6.57. The number of piperazine rings is 1. The minimum Gasteiger partial charge on any atom is -0.494 e. The van der Waals surface area contributed by atoms with Gasteiger partial charge in [-0.3, -0.25) is 4.90 Å². The van der Waals surface area contributed by atoms with Crippen LogP contribution in [0.3, 0.4) is 0 Å². The molecule has 2 atom stereocenters. The Balaban J connectivity index is 0.959. The molecule has 4 aromatic rings. The van der Waals surface area contributed by atoms with E-state index < -0.39 is 0 Å². The van der Waals surface area contributed by atoms with Crippen LogP contribution in [0.1, 0.15) is 35.4 Å². The minimum atomic E-state index is 0.113. The number of benzene rings is 4. The molecule has 2 heterocycles. The fourth-order valence-corrected chi connectivity index (χ4v) is 6.33. The molecule has 0 spiro atoms. The lowest BCUT2D eigenvalue weighted by Crippen LogP contribution is -2.45. The number of hydrogen-bond donors (Lipinski definition) is 1. The van der Waals surface area contributed by atoms with Crippen LogP contribution in [0.2, 0.25) is 0 Å². The number of rotatable bonds is 15. The Labute approximate surface area is 274 Å². The topological polar surface area (TPSA) is 55.4 Å². The van der Waals surface area contributed by atoms with E-state index in [2.05, 4.69) is 95.0 Å². The quantitative estimate of drug-likeness (QED) is 0.160. The first-order valence-electron chi connectivity index (χ1n) is 16.9. The van der Waals surface area contributed by atoms with E-state index in [0.717, 1.165) is 70.2 Å². The van der Waals surface area contributed by atoms with Gasteiger partial charge in [0.25, 0.3) is 0 Å². The Kier molecular flexibility index (Phi) is 11.9. The fraction of sp³-hybridized carbons (Fsp3) is 0.436. The summed E-state index contributed by atoms with van der Waals surface area (Å²) in [5.74, 6) is 2.18. The molecule has 7 heteroatoms. The highest BCUT2D eigenvalue weighted by Crippen LogP contribution is 2.30. The van der Waals surface area contributed by atoms with Crippen LogP contribution in [-0.2, 0) is 22.7 Å². The van der Waals surface area contributed by atoms with Crippen molar-refractivity contribution in [1.29, 1.82) is 0 Å². The van der Waals surface area contributed by atoms with Crippen molar-refractivity contribution in [3.8, 4) is 11.5 Å². The van der Waals surface area contributed by atoms with Crippen molar-refractivity contribution >= 4 is 10.8 Å². The maximum Gasteiger partial charge on any atom is 0.120 e. The highest BCUT2D eigenvalue weighted by molar-refractivity contribution is 5.84. The number of fused-ring (bicyclic) bond motifs is 1. The zero-order chi connectivity index (χ0) is 31.4. The van der Waals surface area contributed by atoms with Crippen LogP contribution >= 0.6 is 0 Å². The molecule has 46 heavy (non-hydrogen) atoms. The van der Waals surface area contributed by atoms with Gasteiger partial charge in [0.2, 0.25) is 0 Å². The fourth-order valence-electron chi connectivity index (χ4n) is 6.33. The molecule has 2 aliphatic heterocycles. The molecule has 2 aliphatic rings. The lowest BCUT2D eigenvalue weighted by atomic mass is 9.87. The van der Waals surface area contributed by atoms with Crippen molar-refractivity contribution in [2.75, 3.05) is 72.7 Å². The monoisotopic (exact) mass is 623 g/mol. The molecule has 0 unspecified atom stereocenters. The van der Waals surface area contributed by atoms with E-state index in [0.29, 0.717) is 39.0 Å². The van der Waals surface area contributed by atoms with Crippen molar-refractivity contribution in [3.05, 3.63) is 108 Å². The van der Waals surface area contributed by atoms with E-state index in [-0.39, 0.29) is 6.10 Å². The third-order valence-electron chi connectivity index (χ3n) is 9.16. The van der Waals surface area contributed by atoms with Crippen LogP contribution < -0.4 is 14.8 Å². The largest absolute Gasteiger partial charge is 0.494 e. The molecule has 0 radical (unpaired) electrons. The first-order chi connectivity index (χ1) is 22.7. The van der Waals surface area contributed by atoms with Crippen LogP contribution in [0.5, 0.6) is 11.5 Å². The second-order valence-corrected chi connectivity index (χ2v) is 12.6. The molecule has 2 saturated heterocycles. The van der Waals surface area contributed by atoms with Gasteiger partial charge in [0.15, 0.2) is 0 Å². The summed E-state index contributed by atoms with van der Waals surface area (Å²) in [6.45, 7) is 10.6. The van der Waals surface area contributed by atoms with E-state index in [4.69, 9.17) is 18.9 Å². The van der Waals surface area contributed by atoms with E-state index in [1.807, 2.05) is 18.2 Å². The molecule has 7 nitrogen and oxygen atoms in total. The van der Waals surface area contributed by atoms with Crippen molar-refractivity contribution in [3.63, 3.8) is 0 Å². The SMILES string of the molecule is CN1CCN(CCOc2ccc3ccc(CO[C@H]4CNCC[C@@H]4c4ccc(OCCCOCc5ccccc5)cc4)cc3c2)CC1. The van der Waals surface area contributed by atoms with Gasteiger partial charge in [0.1, 0.15) is 18.1 Å². The number of ether oxygens (including phenoxy) is 4. The Hall–Kier alpha value is -3.46. The molecule has 0 aromatic heterocycles. The van der Waals surface area contributed by atoms with Gasteiger partial charge in [-0.05, 0) is 77.8 Å². The molecule has 0 saturated carbocycles. The minimum absolute atomic E-state index is 0.113. The number of hydrogen-bond acceptors (Lipinski definition) is 7. The summed E-state index contributed by atoms with van der Waals surface area (Å²) in [6, 6.07) is 31.9. The Morgan fingerprint density at radius 3 is 2.35 bits per heavy atom. The molecule has 244 valence electrons. The van der Waals surface area contributed by atoms with E-state index in [1.54, 1.807) is 0 Å². The zero-order valence-electron chi connectivity index (χ0n) is 27.2.